The number of ether oxygens (including phenoxy) is 3. The molecule has 158 valence electrons. The van der Waals surface area contributed by atoms with Gasteiger partial charge in [0.25, 0.3) is 0 Å². The molecule has 0 aliphatic carbocycles. The monoisotopic (exact) mass is 403 g/mol. The Morgan fingerprint density at radius 3 is 2.38 bits per heavy atom. The van der Waals surface area contributed by atoms with E-state index in [0.717, 1.165) is 5.56 Å². The van der Waals surface area contributed by atoms with Gasteiger partial charge in [0.05, 0.1) is 7.11 Å². The average molecular weight is 403 g/mol. The van der Waals surface area contributed by atoms with E-state index in [2.05, 4.69) is 5.32 Å². The molecule has 0 bridgehead atoms. The highest BCUT2D eigenvalue weighted by Crippen LogP contribution is 2.31. The van der Waals surface area contributed by atoms with Crippen LogP contribution in [0.3, 0.4) is 0 Å². The molecule has 2 unspecified atom stereocenters. The molecule has 3 N–H and O–H groups in total. The van der Waals surface area contributed by atoms with Crippen molar-refractivity contribution in [1.29, 1.82) is 0 Å². The van der Waals surface area contributed by atoms with E-state index in [0.29, 0.717) is 23.7 Å². The molecular formula is C22H29NO6. The number of carbonyl (C=O) groups is 1. The second-order valence-electron chi connectivity index (χ2n) is 7.58. The summed E-state index contributed by atoms with van der Waals surface area (Å²) in [6.07, 6.45) is -3.10. The molecule has 0 aliphatic rings. The van der Waals surface area contributed by atoms with Crippen molar-refractivity contribution < 1.29 is 29.2 Å². The standard InChI is InChI=1S/C22H29NO6/c1-22(2,3)29-21(26)23-13-17(24)20(25)16-10-11-18(19(12-16)27-4)28-14-15-8-6-5-7-9-15/h5-12,17,20,24-25H,13-14H2,1-4H3,(H,23,26). The highest BCUT2D eigenvalue weighted by atomic mass is 16.6. The van der Waals surface area contributed by atoms with E-state index in [1.165, 1.54) is 7.11 Å². The number of aliphatic hydroxyl groups excluding tert-OH is 2. The summed E-state index contributed by atoms with van der Waals surface area (Å²) in [5.74, 6) is 0.957. The molecule has 2 atom stereocenters. The first-order chi connectivity index (χ1) is 13.7. The first kappa shape index (κ1) is 22.5. The van der Waals surface area contributed by atoms with Crippen molar-refractivity contribution in [3.8, 4) is 11.5 Å². The minimum absolute atomic E-state index is 0.162. The summed E-state index contributed by atoms with van der Waals surface area (Å²) in [4.78, 5) is 11.7. The third-order valence-electron chi connectivity index (χ3n) is 3.99. The first-order valence-corrected chi connectivity index (χ1v) is 9.37. The third kappa shape index (κ3) is 7.29. The molecule has 0 aromatic heterocycles. The van der Waals surface area contributed by atoms with Gasteiger partial charge in [-0.1, -0.05) is 36.4 Å². The average Bonchev–Trinajstić information content (AvgIpc) is 2.69. The summed E-state index contributed by atoms with van der Waals surface area (Å²) in [5, 5.41) is 23.1. The van der Waals surface area contributed by atoms with Crippen molar-refractivity contribution in [2.45, 2.75) is 45.2 Å². The quantitative estimate of drug-likeness (QED) is 0.626. The smallest absolute Gasteiger partial charge is 0.407 e. The van der Waals surface area contributed by atoms with Crippen LogP contribution >= 0.6 is 0 Å². The molecule has 7 nitrogen and oxygen atoms in total. The van der Waals surface area contributed by atoms with E-state index in [1.807, 2.05) is 30.3 Å². The van der Waals surface area contributed by atoms with Crippen molar-refractivity contribution in [2.75, 3.05) is 13.7 Å². The van der Waals surface area contributed by atoms with Crippen molar-refractivity contribution in [2.24, 2.45) is 0 Å². The largest absolute Gasteiger partial charge is 0.493 e. The van der Waals surface area contributed by atoms with Crippen molar-refractivity contribution >= 4 is 6.09 Å². The van der Waals surface area contributed by atoms with Crippen LogP contribution in [0.1, 0.15) is 38.0 Å². The minimum atomic E-state index is -1.22. The summed E-state index contributed by atoms with van der Waals surface area (Å²) in [6.45, 7) is 5.44. The SMILES string of the molecule is COc1cc(C(O)C(O)CNC(=O)OC(C)(C)C)ccc1OCc1ccccc1. The number of methoxy groups -OCH3 is 1. The number of amides is 1. The van der Waals surface area contributed by atoms with Crippen molar-refractivity contribution in [3.63, 3.8) is 0 Å². The van der Waals surface area contributed by atoms with Gasteiger partial charge >= 0.3 is 6.09 Å². The van der Waals surface area contributed by atoms with Crippen LogP contribution in [0.2, 0.25) is 0 Å². The molecule has 7 heteroatoms. The summed E-state index contributed by atoms with van der Waals surface area (Å²) in [6, 6.07) is 14.6. The Kier molecular flexibility index (Phi) is 7.87. The van der Waals surface area contributed by atoms with Crippen LogP contribution in [0.5, 0.6) is 11.5 Å². The fraction of sp³-hybridized carbons (Fsp3) is 0.409. The number of carbonyl (C=O) groups excluding carboxylic acids is 1. The zero-order chi connectivity index (χ0) is 21.4. The van der Waals surface area contributed by atoms with Crippen LogP contribution in [-0.2, 0) is 11.3 Å². The van der Waals surface area contributed by atoms with Gasteiger partial charge in [0.15, 0.2) is 11.5 Å². The molecule has 0 spiro atoms. The number of hydrogen-bond acceptors (Lipinski definition) is 6. The molecule has 1 amide bonds. The molecule has 2 aromatic carbocycles. The summed E-state index contributed by atoms with van der Waals surface area (Å²) < 4.78 is 16.3. The van der Waals surface area contributed by atoms with Crippen molar-refractivity contribution in [3.05, 3.63) is 59.7 Å². The van der Waals surface area contributed by atoms with Gasteiger partial charge < -0.3 is 29.7 Å². The van der Waals surface area contributed by atoms with Gasteiger partial charge in [0.1, 0.15) is 24.4 Å². The fourth-order valence-corrected chi connectivity index (χ4v) is 2.56. The second-order valence-corrected chi connectivity index (χ2v) is 7.58. The molecule has 0 fully saturated rings. The van der Waals surface area contributed by atoms with E-state index in [4.69, 9.17) is 14.2 Å². The van der Waals surface area contributed by atoms with E-state index < -0.39 is 23.9 Å². The van der Waals surface area contributed by atoms with Crippen LogP contribution in [0.4, 0.5) is 4.79 Å². The lowest BCUT2D eigenvalue weighted by atomic mass is 10.0. The van der Waals surface area contributed by atoms with Gasteiger partial charge in [0.2, 0.25) is 0 Å². The first-order valence-electron chi connectivity index (χ1n) is 9.37. The zero-order valence-electron chi connectivity index (χ0n) is 17.2. The highest BCUT2D eigenvalue weighted by molar-refractivity contribution is 5.67. The maximum atomic E-state index is 11.7. The lowest BCUT2D eigenvalue weighted by Gasteiger charge is -2.22. The third-order valence-corrected chi connectivity index (χ3v) is 3.99. The van der Waals surface area contributed by atoms with Gasteiger partial charge in [-0.3, -0.25) is 0 Å². The predicted molar refractivity (Wildman–Crippen MR) is 109 cm³/mol. The van der Waals surface area contributed by atoms with Gasteiger partial charge in [-0.2, -0.15) is 0 Å². The van der Waals surface area contributed by atoms with Crippen LogP contribution in [-0.4, -0.2) is 41.7 Å². The molecule has 29 heavy (non-hydrogen) atoms. The Morgan fingerprint density at radius 1 is 1.07 bits per heavy atom. The van der Waals surface area contributed by atoms with E-state index in [1.54, 1.807) is 39.0 Å². The van der Waals surface area contributed by atoms with E-state index in [-0.39, 0.29) is 6.54 Å². The summed E-state index contributed by atoms with van der Waals surface area (Å²) >= 11 is 0. The maximum Gasteiger partial charge on any atom is 0.407 e. The zero-order valence-corrected chi connectivity index (χ0v) is 17.2. The van der Waals surface area contributed by atoms with E-state index >= 15 is 0 Å². The fourth-order valence-electron chi connectivity index (χ4n) is 2.56. The Hall–Kier alpha value is -2.77. The Labute approximate surface area is 171 Å². The Bertz CT molecular complexity index is 788. The topological polar surface area (TPSA) is 97.2 Å². The van der Waals surface area contributed by atoms with Crippen LogP contribution in [0.25, 0.3) is 0 Å². The minimum Gasteiger partial charge on any atom is -0.493 e. The number of alkyl carbamates (subject to hydrolysis) is 1. The lowest BCUT2D eigenvalue weighted by Crippen LogP contribution is -2.38. The van der Waals surface area contributed by atoms with Crippen LogP contribution in [0, 0.1) is 0 Å². The van der Waals surface area contributed by atoms with Crippen molar-refractivity contribution in [1.82, 2.24) is 5.32 Å². The summed E-state index contributed by atoms with van der Waals surface area (Å²) in [7, 11) is 1.50. The van der Waals surface area contributed by atoms with Gasteiger partial charge in [-0.25, -0.2) is 4.79 Å². The maximum absolute atomic E-state index is 11.7. The normalized spacial score (nSPS) is 13.3. The lowest BCUT2D eigenvalue weighted by molar-refractivity contribution is 0.0128. The number of benzene rings is 2. The number of aliphatic hydroxyl groups is 2. The highest BCUT2D eigenvalue weighted by Gasteiger charge is 2.22. The van der Waals surface area contributed by atoms with Gasteiger partial charge in [-0.05, 0) is 44.0 Å². The molecular weight excluding hydrogens is 374 g/mol. The number of hydrogen-bond donors (Lipinski definition) is 3. The molecule has 2 rings (SSSR count). The molecule has 2 aromatic rings. The predicted octanol–water partition coefficient (Wildman–Crippen LogP) is 3.19. The van der Waals surface area contributed by atoms with Gasteiger partial charge in [-0.15, -0.1) is 0 Å². The van der Waals surface area contributed by atoms with Gasteiger partial charge in [0, 0.05) is 6.54 Å². The molecule has 0 saturated carbocycles. The molecule has 0 radical (unpaired) electrons. The molecule has 0 saturated heterocycles. The van der Waals surface area contributed by atoms with Crippen LogP contribution < -0.4 is 14.8 Å². The molecule has 0 heterocycles. The number of rotatable bonds is 8. The summed E-state index contributed by atoms with van der Waals surface area (Å²) in [5.41, 5.74) is 0.811. The molecule has 0 aliphatic heterocycles. The Morgan fingerprint density at radius 2 is 1.76 bits per heavy atom. The Balaban J connectivity index is 1.97. The van der Waals surface area contributed by atoms with E-state index in [9.17, 15) is 15.0 Å². The van der Waals surface area contributed by atoms with Crippen LogP contribution in [0.15, 0.2) is 48.5 Å². The number of nitrogens with one attached hydrogen (secondary N) is 1. The second kappa shape index (κ2) is 10.1.